The molecule has 0 unspecified atom stereocenters. The van der Waals surface area contributed by atoms with E-state index in [1.165, 1.54) is 55.0 Å². The van der Waals surface area contributed by atoms with Crippen LogP contribution in [0, 0.1) is 0 Å². The Kier molecular flexibility index (Phi) is 7.79. The molecule has 0 amide bonds. The minimum atomic E-state index is 0. The molecule has 7 aromatic rings. The van der Waals surface area contributed by atoms with E-state index in [1.54, 1.807) is 0 Å². The van der Waals surface area contributed by atoms with E-state index in [0.29, 0.717) is 0 Å². The van der Waals surface area contributed by atoms with Crippen molar-refractivity contribution in [1.29, 1.82) is 0 Å². The zero-order valence-corrected chi connectivity index (χ0v) is 21.4. The third-order valence-electron chi connectivity index (χ3n) is 6.51. The van der Waals surface area contributed by atoms with Crippen molar-refractivity contribution in [2.24, 2.45) is 0 Å². The van der Waals surface area contributed by atoms with E-state index in [1.807, 2.05) is 27.7 Å². The summed E-state index contributed by atoms with van der Waals surface area (Å²) in [5.74, 6) is 0. The Hall–Kier alpha value is -4.30. The largest absolute Gasteiger partial charge is 0.309 e. The molecule has 0 aliphatic heterocycles. The number of hydrogen-bond donors (Lipinski definition) is 0. The van der Waals surface area contributed by atoms with Gasteiger partial charge in [0.25, 0.3) is 0 Å². The topological polar surface area (TPSA) is 9.86 Å². The van der Waals surface area contributed by atoms with Crippen molar-refractivity contribution in [2.75, 3.05) is 0 Å². The smallest absolute Gasteiger partial charge is 0.0541 e. The molecule has 0 fully saturated rings. The lowest BCUT2D eigenvalue weighted by Gasteiger charge is -2.12. The Balaban J connectivity index is 0.000000613. The summed E-state index contributed by atoms with van der Waals surface area (Å²) in [5.41, 5.74) is 7.26. The van der Waals surface area contributed by atoms with Gasteiger partial charge in [-0.1, -0.05) is 114 Å². The van der Waals surface area contributed by atoms with E-state index in [4.69, 9.17) is 0 Å². The summed E-state index contributed by atoms with van der Waals surface area (Å²) in [5, 5.41) is 5.13. The van der Waals surface area contributed by atoms with Crippen LogP contribution in [-0.2, 0) is 0 Å². The third-order valence-corrected chi connectivity index (χ3v) is 6.51. The minimum Gasteiger partial charge on any atom is -0.309 e. The Labute approximate surface area is 220 Å². The number of aromatic nitrogens is 2. The lowest BCUT2D eigenvalue weighted by molar-refractivity contribution is 1.13. The molecule has 2 nitrogen and oxygen atoms in total. The summed E-state index contributed by atoms with van der Waals surface area (Å²) in [6, 6.07) is 43.5. The number of para-hydroxylation sites is 4. The zero-order valence-electron chi connectivity index (χ0n) is 21.4. The Morgan fingerprint density at radius 1 is 0.351 bits per heavy atom. The zero-order chi connectivity index (χ0) is 25.1. The molecule has 0 aliphatic carbocycles. The van der Waals surface area contributed by atoms with Crippen molar-refractivity contribution in [3.8, 4) is 11.4 Å². The number of nitrogens with zero attached hydrogens (tertiary/aromatic N) is 2. The van der Waals surface area contributed by atoms with Crippen molar-refractivity contribution in [2.45, 2.75) is 35.1 Å². The predicted molar refractivity (Wildman–Crippen MR) is 165 cm³/mol. The molecule has 0 saturated carbocycles. The number of fused-ring (bicyclic) bond motifs is 6. The Morgan fingerprint density at radius 2 is 0.622 bits per heavy atom. The van der Waals surface area contributed by atoms with Crippen molar-refractivity contribution in [3.05, 3.63) is 121 Å². The number of benzene rings is 5. The van der Waals surface area contributed by atoms with Crippen LogP contribution in [0.15, 0.2) is 121 Å². The molecule has 0 saturated heterocycles. The standard InChI is InChI=1S/C30H20N2.2C2H6.CH4/c1-5-16-27-23(12-1)24-13-2-6-17-28(24)31(27)21-10-9-11-22(20-21)32-29-18-7-3-14-25(29)26-15-4-8-19-30(26)32;2*1-2;/h1-20H;2*1-2H3;1H4. The van der Waals surface area contributed by atoms with Crippen molar-refractivity contribution >= 4 is 43.6 Å². The second kappa shape index (κ2) is 11.2. The van der Waals surface area contributed by atoms with Crippen LogP contribution in [0.5, 0.6) is 0 Å². The summed E-state index contributed by atoms with van der Waals surface area (Å²) in [7, 11) is 0. The van der Waals surface area contributed by atoms with E-state index >= 15 is 0 Å². The van der Waals surface area contributed by atoms with Crippen molar-refractivity contribution < 1.29 is 0 Å². The maximum absolute atomic E-state index is 2.38. The first kappa shape index (κ1) is 25.8. The Bertz CT molecular complexity index is 1550. The van der Waals surface area contributed by atoms with Crippen LogP contribution in [0.4, 0.5) is 0 Å². The van der Waals surface area contributed by atoms with E-state index in [0.717, 1.165) is 0 Å². The van der Waals surface area contributed by atoms with Gasteiger partial charge in [-0.3, -0.25) is 0 Å². The van der Waals surface area contributed by atoms with Gasteiger partial charge in [0.1, 0.15) is 0 Å². The van der Waals surface area contributed by atoms with Gasteiger partial charge in [0.15, 0.2) is 0 Å². The van der Waals surface area contributed by atoms with E-state index < -0.39 is 0 Å². The first-order valence-electron chi connectivity index (χ1n) is 13.0. The van der Waals surface area contributed by atoms with Crippen molar-refractivity contribution in [3.63, 3.8) is 0 Å². The van der Waals surface area contributed by atoms with Crippen LogP contribution in [0.2, 0.25) is 0 Å². The number of hydrogen-bond acceptors (Lipinski definition) is 0. The highest BCUT2D eigenvalue weighted by atomic mass is 15.0. The van der Waals surface area contributed by atoms with Gasteiger partial charge >= 0.3 is 0 Å². The van der Waals surface area contributed by atoms with Crippen LogP contribution in [-0.4, -0.2) is 9.13 Å². The molecule has 2 heteroatoms. The first-order chi connectivity index (χ1) is 17.9. The molecule has 2 heterocycles. The summed E-state index contributed by atoms with van der Waals surface area (Å²) >= 11 is 0. The molecular weight excluding hydrogens is 448 g/mol. The molecule has 5 aromatic carbocycles. The minimum absolute atomic E-state index is 0. The van der Waals surface area contributed by atoms with Crippen LogP contribution in [0.3, 0.4) is 0 Å². The molecular formula is C35H36N2. The van der Waals surface area contributed by atoms with Crippen molar-refractivity contribution in [1.82, 2.24) is 9.13 Å². The van der Waals surface area contributed by atoms with Gasteiger partial charge in [0.05, 0.1) is 22.1 Å². The average molecular weight is 485 g/mol. The molecule has 0 spiro atoms. The fourth-order valence-corrected chi connectivity index (χ4v) is 5.17. The SMILES string of the molecule is C.CC.CC.c1cc(-n2c3ccccc3c3ccccc32)cc(-n2c3ccccc3c3ccccc32)c1. The van der Waals surface area contributed by atoms with Gasteiger partial charge in [0, 0.05) is 32.9 Å². The maximum atomic E-state index is 2.38. The monoisotopic (exact) mass is 484 g/mol. The molecule has 0 aliphatic rings. The molecule has 186 valence electrons. The van der Waals surface area contributed by atoms with Gasteiger partial charge in [-0.15, -0.1) is 0 Å². The normalized spacial score (nSPS) is 10.5. The summed E-state index contributed by atoms with van der Waals surface area (Å²) in [6.45, 7) is 8.00. The average Bonchev–Trinajstić information content (AvgIpc) is 3.49. The molecule has 2 aromatic heterocycles. The molecule has 37 heavy (non-hydrogen) atoms. The molecule has 0 N–H and O–H groups in total. The second-order valence-electron chi connectivity index (χ2n) is 8.26. The Morgan fingerprint density at radius 3 is 0.919 bits per heavy atom. The van der Waals surface area contributed by atoms with Gasteiger partial charge in [-0.25, -0.2) is 0 Å². The van der Waals surface area contributed by atoms with Gasteiger partial charge in [0.2, 0.25) is 0 Å². The van der Waals surface area contributed by atoms with E-state index in [-0.39, 0.29) is 7.43 Å². The van der Waals surface area contributed by atoms with E-state index in [9.17, 15) is 0 Å². The van der Waals surface area contributed by atoms with Gasteiger partial charge in [-0.2, -0.15) is 0 Å². The third kappa shape index (κ3) is 4.19. The highest BCUT2D eigenvalue weighted by Gasteiger charge is 2.14. The molecule has 0 bridgehead atoms. The lowest BCUT2D eigenvalue weighted by atomic mass is 10.2. The maximum Gasteiger partial charge on any atom is 0.0541 e. The van der Waals surface area contributed by atoms with Crippen LogP contribution in [0.1, 0.15) is 35.1 Å². The summed E-state index contributed by atoms with van der Waals surface area (Å²) in [6.07, 6.45) is 0. The van der Waals surface area contributed by atoms with Crippen LogP contribution in [0.25, 0.3) is 55.0 Å². The van der Waals surface area contributed by atoms with Crippen LogP contribution >= 0.6 is 0 Å². The van der Waals surface area contributed by atoms with Gasteiger partial charge in [-0.05, 0) is 42.5 Å². The number of rotatable bonds is 2. The fourth-order valence-electron chi connectivity index (χ4n) is 5.17. The van der Waals surface area contributed by atoms with E-state index in [2.05, 4.69) is 130 Å². The predicted octanol–water partition coefficient (Wildman–Crippen LogP) is 10.6. The van der Waals surface area contributed by atoms with Gasteiger partial charge < -0.3 is 9.13 Å². The lowest BCUT2D eigenvalue weighted by Crippen LogP contribution is -1.98. The second-order valence-corrected chi connectivity index (χ2v) is 8.26. The fraction of sp³-hybridized carbons (Fsp3) is 0.143. The molecule has 0 atom stereocenters. The summed E-state index contributed by atoms with van der Waals surface area (Å²) in [4.78, 5) is 0. The quantitative estimate of drug-likeness (QED) is 0.231. The summed E-state index contributed by atoms with van der Waals surface area (Å²) < 4.78 is 4.75. The highest BCUT2D eigenvalue weighted by molar-refractivity contribution is 6.10. The van der Waals surface area contributed by atoms with Crippen LogP contribution < -0.4 is 0 Å². The molecule has 7 rings (SSSR count). The molecule has 0 radical (unpaired) electrons. The first-order valence-corrected chi connectivity index (χ1v) is 13.0. The highest BCUT2D eigenvalue weighted by Crippen LogP contribution is 2.35.